The molecule has 0 aromatic carbocycles. The standard InChI is InChI=1S/C11H21NO4/c1-9(2)8-12(6-7-16-3)10(13)4-5-11(14)15/h9H,4-8H2,1-3H3,(H,14,15). The lowest BCUT2D eigenvalue weighted by Gasteiger charge is -2.24. The zero-order valence-electron chi connectivity index (χ0n) is 10.2. The number of carbonyl (C=O) groups excluding carboxylic acids is 1. The summed E-state index contributed by atoms with van der Waals surface area (Å²) in [7, 11) is 1.58. The molecule has 0 atom stereocenters. The molecule has 0 aliphatic rings. The lowest BCUT2D eigenvalue weighted by Crippen LogP contribution is -2.36. The van der Waals surface area contributed by atoms with E-state index in [1.54, 1.807) is 12.0 Å². The predicted molar refractivity (Wildman–Crippen MR) is 60.2 cm³/mol. The number of hydrogen-bond donors (Lipinski definition) is 1. The Morgan fingerprint density at radius 1 is 1.31 bits per heavy atom. The van der Waals surface area contributed by atoms with Gasteiger partial charge in [-0.05, 0) is 5.92 Å². The molecule has 5 heteroatoms. The van der Waals surface area contributed by atoms with Crippen LogP contribution in [0, 0.1) is 5.92 Å². The van der Waals surface area contributed by atoms with E-state index in [2.05, 4.69) is 0 Å². The molecule has 0 bridgehead atoms. The van der Waals surface area contributed by atoms with Crippen molar-refractivity contribution in [2.75, 3.05) is 26.8 Å². The lowest BCUT2D eigenvalue weighted by molar-refractivity contribution is -0.141. The monoisotopic (exact) mass is 231 g/mol. The summed E-state index contributed by atoms with van der Waals surface area (Å²) < 4.78 is 4.92. The van der Waals surface area contributed by atoms with E-state index in [-0.39, 0.29) is 18.7 Å². The molecular weight excluding hydrogens is 210 g/mol. The first-order valence-electron chi connectivity index (χ1n) is 5.45. The van der Waals surface area contributed by atoms with Gasteiger partial charge < -0.3 is 14.7 Å². The molecule has 0 unspecified atom stereocenters. The summed E-state index contributed by atoms with van der Waals surface area (Å²) in [4.78, 5) is 23.7. The van der Waals surface area contributed by atoms with Crippen LogP contribution in [0.4, 0.5) is 0 Å². The van der Waals surface area contributed by atoms with E-state index in [1.807, 2.05) is 13.8 Å². The van der Waals surface area contributed by atoms with E-state index in [0.29, 0.717) is 25.6 Å². The molecule has 0 spiro atoms. The van der Waals surface area contributed by atoms with Crippen LogP contribution >= 0.6 is 0 Å². The van der Waals surface area contributed by atoms with E-state index >= 15 is 0 Å². The van der Waals surface area contributed by atoms with Crippen molar-refractivity contribution >= 4 is 11.9 Å². The highest BCUT2D eigenvalue weighted by Gasteiger charge is 2.15. The summed E-state index contributed by atoms with van der Waals surface area (Å²) in [6.45, 7) is 5.68. The second-order valence-corrected chi connectivity index (χ2v) is 4.12. The molecule has 0 heterocycles. The van der Waals surface area contributed by atoms with Gasteiger partial charge in [-0.2, -0.15) is 0 Å². The molecule has 0 saturated heterocycles. The fourth-order valence-corrected chi connectivity index (χ4v) is 1.33. The molecule has 0 aliphatic heterocycles. The number of hydrogen-bond acceptors (Lipinski definition) is 3. The Morgan fingerprint density at radius 3 is 2.38 bits per heavy atom. The first-order valence-corrected chi connectivity index (χ1v) is 5.45. The number of carboxylic acid groups (broad SMARTS) is 1. The van der Waals surface area contributed by atoms with Crippen LogP contribution in [0.3, 0.4) is 0 Å². The van der Waals surface area contributed by atoms with Gasteiger partial charge in [-0.3, -0.25) is 9.59 Å². The molecular formula is C11H21NO4. The van der Waals surface area contributed by atoms with Gasteiger partial charge in [0.25, 0.3) is 0 Å². The Labute approximate surface area is 96.4 Å². The Hall–Kier alpha value is -1.10. The highest BCUT2D eigenvalue weighted by Crippen LogP contribution is 2.03. The molecule has 0 aliphatic carbocycles. The summed E-state index contributed by atoms with van der Waals surface area (Å²) in [5.74, 6) is -0.691. The second kappa shape index (κ2) is 8.10. The molecule has 5 nitrogen and oxygen atoms in total. The van der Waals surface area contributed by atoms with Crippen LogP contribution in [0.1, 0.15) is 26.7 Å². The van der Waals surface area contributed by atoms with Crippen molar-refractivity contribution < 1.29 is 19.4 Å². The zero-order chi connectivity index (χ0) is 12.6. The molecule has 0 fully saturated rings. The van der Waals surface area contributed by atoms with Gasteiger partial charge in [0.2, 0.25) is 5.91 Å². The third kappa shape index (κ3) is 7.23. The Morgan fingerprint density at radius 2 is 1.94 bits per heavy atom. The highest BCUT2D eigenvalue weighted by atomic mass is 16.5. The predicted octanol–water partition coefficient (Wildman–Crippen LogP) is 0.982. The van der Waals surface area contributed by atoms with Gasteiger partial charge in [-0.25, -0.2) is 0 Å². The van der Waals surface area contributed by atoms with Crippen LogP contribution in [0.2, 0.25) is 0 Å². The maximum atomic E-state index is 11.7. The van der Waals surface area contributed by atoms with Gasteiger partial charge in [0.05, 0.1) is 13.0 Å². The molecule has 0 aromatic rings. The largest absolute Gasteiger partial charge is 0.481 e. The third-order valence-corrected chi connectivity index (χ3v) is 2.06. The van der Waals surface area contributed by atoms with Crippen molar-refractivity contribution in [1.82, 2.24) is 4.90 Å². The molecule has 16 heavy (non-hydrogen) atoms. The van der Waals surface area contributed by atoms with Crippen LogP contribution < -0.4 is 0 Å². The summed E-state index contributed by atoms with van der Waals surface area (Å²) >= 11 is 0. The van der Waals surface area contributed by atoms with Crippen molar-refractivity contribution in [3.63, 3.8) is 0 Å². The minimum atomic E-state index is -0.940. The van der Waals surface area contributed by atoms with Gasteiger partial charge in [-0.15, -0.1) is 0 Å². The maximum Gasteiger partial charge on any atom is 0.303 e. The number of rotatable bonds is 8. The minimum Gasteiger partial charge on any atom is -0.481 e. The molecule has 1 N–H and O–H groups in total. The first kappa shape index (κ1) is 14.9. The normalized spacial score (nSPS) is 10.5. The molecule has 0 rings (SSSR count). The molecule has 0 saturated carbocycles. The van der Waals surface area contributed by atoms with Crippen LogP contribution in [0.25, 0.3) is 0 Å². The summed E-state index contributed by atoms with van der Waals surface area (Å²) in [6.07, 6.45) is -0.0494. The minimum absolute atomic E-state index is 0.0613. The molecule has 0 radical (unpaired) electrons. The van der Waals surface area contributed by atoms with Gasteiger partial charge in [0.15, 0.2) is 0 Å². The number of ether oxygens (including phenoxy) is 1. The average molecular weight is 231 g/mol. The Kier molecular flexibility index (Phi) is 7.54. The van der Waals surface area contributed by atoms with Crippen molar-refractivity contribution in [3.8, 4) is 0 Å². The number of carboxylic acids is 1. The summed E-state index contributed by atoms with van der Waals surface area (Å²) in [5.41, 5.74) is 0. The van der Waals surface area contributed by atoms with Crippen molar-refractivity contribution in [2.45, 2.75) is 26.7 Å². The lowest BCUT2D eigenvalue weighted by atomic mass is 10.2. The number of amides is 1. The quantitative estimate of drug-likeness (QED) is 0.676. The number of aliphatic carboxylic acids is 1. The van der Waals surface area contributed by atoms with E-state index in [9.17, 15) is 9.59 Å². The van der Waals surface area contributed by atoms with E-state index in [4.69, 9.17) is 9.84 Å². The smallest absolute Gasteiger partial charge is 0.303 e. The molecule has 0 aromatic heterocycles. The van der Waals surface area contributed by atoms with E-state index in [0.717, 1.165) is 0 Å². The molecule has 94 valence electrons. The van der Waals surface area contributed by atoms with Crippen LogP contribution in [-0.2, 0) is 14.3 Å². The van der Waals surface area contributed by atoms with Gasteiger partial charge in [0.1, 0.15) is 0 Å². The number of nitrogens with zero attached hydrogens (tertiary/aromatic N) is 1. The number of carbonyl (C=O) groups is 2. The summed E-state index contributed by atoms with van der Waals surface area (Å²) in [5, 5.41) is 8.51. The highest BCUT2D eigenvalue weighted by molar-refractivity contribution is 5.80. The van der Waals surface area contributed by atoms with Crippen molar-refractivity contribution in [1.29, 1.82) is 0 Å². The maximum absolute atomic E-state index is 11.7. The fourth-order valence-electron chi connectivity index (χ4n) is 1.33. The third-order valence-electron chi connectivity index (χ3n) is 2.06. The van der Waals surface area contributed by atoms with E-state index in [1.165, 1.54) is 0 Å². The van der Waals surface area contributed by atoms with Gasteiger partial charge >= 0.3 is 5.97 Å². The molecule has 1 amide bonds. The SMILES string of the molecule is COCCN(CC(C)C)C(=O)CCC(=O)O. The zero-order valence-corrected chi connectivity index (χ0v) is 10.2. The number of methoxy groups -OCH3 is 1. The van der Waals surface area contributed by atoms with Crippen molar-refractivity contribution in [3.05, 3.63) is 0 Å². The average Bonchev–Trinajstić information content (AvgIpc) is 2.20. The van der Waals surface area contributed by atoms with E-state index < -0.39 is 5.97 Å². The van der Waals surface area contributed by atoms with Gasteiger partial charge in [-0.1, -0.05) is 13.8 Å². The van der Waals surface area contributed by atoms with Crippen LogP contribution in [0.5, 0.6) is 0 Å². The first-order chi connectivity index (χ1) is 7.47. The van der Waals surface area contributed by atoms with Crippen molar-refractivity contribution in [2.24, 2.45) is 5.92 Å². The van der Waals surface area contributed by atoms with Crippen LogP contribution in [0.15, 0.2) is 0 Å². The second-order valence-electron chi connectivity index (χ2n) is 4.12. The fraction of sp³-hybridized carbons (Fsp3) is 0.818. The summed E-state index contributed by atoms with van der Waals surface area (Å²) in [6, 6.07) is 0. The van der Waals surface area contributed by atoms with Gasteiger partial charge in [0, 0.05) is 26.6 Å². The Bertz CT molecular complexity index is 228. The Balaban J connectivity index is 4.14. The van der Waals surface area contributed by atoms with Crippen LogP contribution in [-0.4, -0.2) is 48.7 Å². The topological polar surface area (TPSA) is 66.8 Å².